The van der Waals surface area contributed by atoms with Gasteiger partial charge >= 0.3 is 0 Å². The van der Waals surface area contributed by atoms with Gasteiger partial charge in [-0.3, -0.25) is 0 Å². The van der Waals surface area contributed by atoms with Gasteiger partial charge in [-0.05, 0) is 30.2 Å². The van der Waals surface area contributed by atoms with Crippen LogP contribution in [0.5, 0.6) is 0 Å². The maximum Gasteiger partial charge on any atom is 0.168 e. The fourth-order valence-corrected chi connectivity index (χ4v) is 1.22. The summed E-state index contributed by atoms with van der Waals surface area (Å²) < 4.78 is 5.05. The Hall–Kier alpha value is -1.72. The summed E-state index contributed by atoms with van der Waals surface area (Å²) in [4.78, 5) is 0. The van der Waals surface area contributed by atoms with E-state index >= 15 is 0 Å². The van der Waals surface area contributed by atoms with E-state index in [0.29, 0.717) is 16.5 Å². The average Bonchev–Trinajstić information content (AvgIpc) is 2.67. The van der Waals surface area contributed by atoms with Crippen LogP contribution >= 0.6 is 11.6 Å². The van der Waals surface area contributed by atoms with E-state index < -0.39 is 0 Å². The lowest BCUT2D eigenvalue weighted by Gasteiger charge is -1.93. The van der Waals surface area contributed by atoms with Crippen LogP contribution in [0.4, 0.5) is 0 Å². The molecule has 1 aromatic heterocycles. The predicted octanol–water partition coefficient (Wildman–Crippen LogP) is 2.98. The lowest BCUT2D eigenvalue weighted by Crippen LogP contribution is -1.71. The minimum Gasteiger partial charge on any atom is -0.355 e. The van der Waals surface area contributed by atoms with Gasteiger partial charge in [0.1, 0.15) is 0 Å². The summed E-state index contributed by atoms with van der Waals surface area (Å²) in [5.74, 6) is 3.05. The summed E-state index contributed by atoms with van der Waals surface area (Å²) in [5.41, 5.74) is 1.40. The van der Waals surface area contributed by atoms with Crippen LogP contribution in [0.15, 0.2) is 34.9 Å². The molecular weight excluding hydrogens is 198 g/mol. The number of halogens is 1. The van der Waals surface area contributed by atoms with E-state index in [2.05, 4.69) is 11.1 Å². The Morgan fingerprint density at radius 2 is 2.00 bits per heavy atom. The van der Waals surface area contributed by atoms with Crippen molar-refractivity contribution in [3.63, 3.8) is 0 Å². The third kappa shape index (κ3) is 1.63. The van der Waals surface area contributed by atoms with E-state index in [-0.39, 0.29) is 0 Å². The van der Waals surface area contributed by atoms with Crippen LogP contribution in [0.1, 0.15) is 5.69 Å². The third-order valence-corrected chi connectivity index (χ3v) is 2.04. The quantitative estimate of drug-likeness (QED) is 0.666. The van der Waals surface area contributed by atoms with Gasteiger partial charge < -0.3 is 4.52 Å². The van der Waals surface area contributed by atoms with Crippen LogP contribution < -0.4 is 0 Å². The topological polar surface area (TPSA) is 26.0 Å². The van der Waals surface area contributed by atoms with Crippen LogP contribution in [0.25, 0.3) is 11.3 Å². The van der Waals surface area contributed by atoms with E-state index in [1.54, 1.807) is 18.2 Å². The van der Waals surface area contributed by atoms with Crippen molar-refractivity contribution >= 4 is 11.6 Å². The summed E-state index contributed by atoms with van der Waals surface area (Å²) in [6.07, 6.45) is 5.17. The highest BCUT2D eigenvalue weighted by atomic mass is 35.5. The van der Waals surface area contributed by atoms with Crippen LogP contribution in [-0.2, 0) is 0 Å². The van der Waals surface area contributed by atoms with Crippen LogP contribution in [0.2, 0.25) is 5.02 Å². The van der Waals surface area contributed by atoms with E-state index in [0.717, 1.165) is 5.56 Å². The molecule has 0 aliphatic rings. The second-order valence-corrected chi connectivity index (χ2v) is 3.16. The van der Waals surface area contributed by atoms with Crippen molar-refractivity contribution in [1.82, 2.24) is 5.16 Å². The van der Waals surface area contributed by atoms with Gasteiger partial charge in [0.2, 0.25) is 0 Å². The molecule has 0 bridgehead atoms. The first-order chi connectivity index (χ1) is 6.79. The fraction of sp³-hybridized carbons (Fsp3) is 0. The molecule has 1 aromatic carbocycles. The highest BCUT2D eigenvalue weighted by Gasteiger charge is 2.04. The molecule has 0 atom stereocenters. The summed E-state index contributed by atoms with van der Waals surface area (Å²) in [6, 6.07) is 8.99. The molecule has 2 aromatic rings. The van der Waals surface area contributed by atoms with E-state index in [1.807, 2.05) is 12.1 Å². The minimum absolute atomic E-state index is 0.495. The number of nitrogens with zero attached hydrogens (tertiary/aromatic N) is 1. The maximum atomic E-state index is 5.75. The van der Waals surface area contributed by atoms with E-state index in [4.69, 9.17) is 22.5 Å². The SMILES string of the molecule is C#Cc1cc(-c2ccc(Cl)cc2)on1. The highest BCUT2D eigenvalue weighted by Crippen LogP contribution is 2.21. The van der Waals surface area contributed by atoms with Gasteiger partial charge in [0.15, 0.2) is 11.5 Å². The maximum absolute atomic E-state index is 5.75. The normalized spacial score (nSPS) is 9.71. The molecule has 0 saturated heterocycles. The van der Waals surface area contributed by atoms with Crippen molar-refractivity contribution in [1.29, 1.82) is 0 Å². The van der Waals surface area contributed by atoms with Crippen LogP contribution in [0.3, 0.4) is 0 Å². The van der Waals surface area contributed by atoms with Crippen molar-refractivity contribution in [3.8, 4) is 23.7 Å². The van der Waals surface area contributed by atoms with Gasteiger partial charge in [-0.1, -0.05) is 16.8 Å². The van der Waals surface area contributed by atoms with E-state index in [9.17, 15) is 0 Å². The zero-order valence-electron chi connectivity index (χ0n) is 7.20. The molecule has 0 fully saturated rings. The molecule has 0 radical (unpaired) electrons. The molecule has 0 aliphatic carbocycles. The van der Waals surface area contributed by atoms with Gasteiger partial charge in [0.25, 0.3) is 0 Å². The molecule has 2 nitrogen and oxygen atoms in total. The summed E-state index contributed by atoms with van der Waals surface area (Å²) in [7, 11) is 0. The van der Waals surface area contributed by atoms with Gasteiger partial charge in [0, 0.05) is 16.7 Å². The summed E-state index contributed by atoms with van der Waals surface area (Å²) in [5, 5.41) is 4.37. The van der Waals surface area contributed by atoms with Gasteiger partial charge in [0.05, 0.1) is 0 Å². The second-order valence-electron chi connectivity index (χ2n) is 2.73. The first-order valence-corrected chi connectivity index (χ1v) is 4.36. The molecule has 0 N–H and O–H groups in total. The molecular formula is C11H6ClNO. The minimum atomic E-state index is 0.495. The smallest absolute Gasteiger partial charge is 0.168 e. The van der Waals surface area contributed by atoms with Crippen LogP contribution in [0, 0.1) is 12.3 Å². The van der Waals surface area contributed by atoms with Crippen molar-refractivity contribution in [3.05, 3.63) is 41.0 Å². The number of hydrogen-bond donors (Lipinski definition) is 0. The largest absolute Gasteiger partial charge is 0.355 e. The second kappa shape index (κ2) is 3.57. The van der Waals surface area contributed by atoms with Crippen molar-refractivity contribution in [2.45, 2.75) is 0 Å². The Kier molecular flexibility index (Phi) is 2.26. The molecule has 3 heteroatoms. The fourth-order valence-electron chi connectivity index (χ4n) is 1.09. The molecule has 68 valence electrons. The number of hydrogen-bond acceptors (Lipinski definition) is 2. The summed E-state index contributed by atoms with van der Waals surface area (Å²) in [6.45, 7) is 0. The van der Waals surface area contributed by atoms with Crippen molar-refractivity contribution < 1.29 is 4.52 Å². The zero-order chi connectivity index (χ0) is 9.97. The Balaban J connectivity index is 2.40. The lowest BCUT2D eigenvalue weighted by molar-refractivity contribution is 0.430. The lowest BCUT2D eigenvalue weighted by atomic mass is 10.2. The van der Waals surface area contributed by atoms with Gasteiger partial charge in [-0.2, -0.15) is 0 Å². The monoisotopic (exact) mass is 203 g/mol. The number of benzene rings is 1. The molecule has 0 saturated carbocycles. The highest BCUT2D eigenvalue weighted by molar-refractivity contribution is 6.30. The standard InChI is InChI=1S/C11H6ClNO/c1-2-10-7-11(14-13-10)8-3-5-9(12)6-4-8/h1,3-7H. The Bertz CT molecular complexity index is 479. The predicted molar refractivity (Wildman–Crippen MR) is 54.9 cm³/mol. The molecule has 0 unspecified atom stereocenters. The average molecular weight is 204 g/mol. The first-order valence-electron chi connectivity index (χ1n) is 3.99. The summed E-state index contributed by atoms with van der Waals surface area (Å²) >= 11 is 5.75. The number of rotatable bonds is 1. The van der Waals surface area contributed by atoms with Crippen molar-refractivity contribution in [2.24, 2.45) is 0 Å². The Morgan fingerprint density at radius 1 is 1.29 bits per heavy atom. The van der Waals surface area contributed by atoms with Gasteiger partial charge in [-0.15, -0.1) is 6.42 Å². The Labute approximate surface area is 86.5 Å². The van der Waals surface area contributed by atoms with Crippen molar-refractivity contribution in [2.75, 3.05) is 0 Å². The molecule has 14 heavy (non-hydrogen) atoms. The van der Waals surface area contributed by atoms with E-state index in [1.165, 1.54) is 0 Å². The third-order valence-electron chi connectivity index (χ3n) is 1.79. The number of aromatic nitrogens is 1. The van der Waals surface area contributed by atoms with Crippen LogP contribution in [-0.4, -0.2) is 5.16 Å². The Morgan fingerprint density at radius 3 is 2.57 bits per heavy atom. The zero-order valence-corrected chi connectivity index (χ0v) is 7.95. The molecule has 0 aliphatic heterocycles. The molecule has 0 amide bonds. The molecule has 1 heterocycles. The molecule has 2 rings (SSSR count). The first kappa shape index (κ1) is 8.86. The number of terminal acetylenes is 1. The van der Waals surface area contributed by atoms with Gasteiger partial charge in [-0.25, -0.2) is 0 Å². The molecule has 0 spiro atoms.